The number of hydrogen-bond donors (Lipinski definition) is 0. The molecular weight excluding hydrogens is 458 g/mol. The van der Waals surface area contributed by atoms with E-state index in [1.54, 1.807) is 0 Å². The van der Waals surface area contributed by atoms with E-state index < -0.39 is 23.2 Å². The summed E-state index contributed by atoms with van der Waals surface area (Å²) in [5, 5.41) is 10.9. The highest BCUT2D eigenvalue weighted by molar-refractivity contribution is 8.09. The Kier molecular flexibility index (Phi) is 7.47. The van der Waals surface area contributed by atoms with E-state index in [-0.39, 0.29) is 34.3 Å². The molecule has 2 rings (SSSR count). The predicted octanol–water partition coefficient (Wildman–Crippen LogP) is 6.00. The van der Waals surface area contributed by atoms with Crippen LogP contribution in [0, 0.1) is 10.1 Å². The van der Waals surface area contributed by atoms with Crippen LogP contribution >= 0.6 is 18.1 Å². The molecule has 2 aromatic carbocycles. The lowest BCUT2D eigenvalue weighted by molar-refractivity contribution is -0.385. The molecule has 0 saturated heterocycles. The third-order valence-corrected chi connectivity index (χ3v) is 6.61. The van der Waals surface area contributed by atoms with E-state index in [4.69, 9.17) is 41.9 Å². The van der Waals surface area contributed by atoms with E-state index >= 15 is 0 Å². The predicted molar refractivity (Wildman–Crippen MR) is 103 cm³/mol. The lowest BCUT2D eigenvalue weighted by atomic mass is 10.2. The van der Waals surface area contributed by atoms with Crippen LogP contribution in [0.25, 0.3) is 0 Å². The number of hydrogen-bond acceptors (Lipinski definition) is 7. The van der Waals surface area contributed by atoms with Gasteiger partial charge in [-0.25, -0.2) is 0 Å². The lowest BCUT2D eigenvalue weighted by Crippen LogP contribution is -2.05. The molecule has 0 aliphatic carbocycles. The molecule has 0 unspecified atom stereocenters. The molecule has 0 radical (unpaired) electrons. The van der Waals surface area contributed by atoms with Crippen LogP contribution in [-0.4, -0.2) is 25.5 Å². The van der Waals surface area contributed by atoms with Crippen LogP contribution < -0.4 is 9.47 Å². The molecule has 0 aliphatic rings. The van der Waals surface area contributed by atoms with Crippen molar-refractivity contribution in [2.75, 3.05) is 20.6 Å². The van der Waals surface area contributed by atoms with Gasteiger partial charge in [0.05, 0.1) is 15.5 Å². The molecule has 0 aromatic heterocycles. The van der Waals surface area contributed by atoms with Gasteiger partial charge in [0, 0.05) is 26.4 Å². The molecule has 2 aromatic rings. The lowest BCUT2D eigenvalue weighted by Gasteiger charge is -2.18. The van der Waals surface area contributed by atoms with Crippen molar-refractivity contribution in [1.29, 1.82) is 0 Å². The van der Waals surface area contributed by atoms with Crippen molar-refractivity contribution in [2.45, 2.75) is 6.18 Å². The summed E-state index contributed by atoms with van der Waals surface area (Å²) in [6.07, 6.45) is -4.81. The number of nitrogens with zero attached hydrogens (tertiary/aromatic N) is 1. The molecule has 0 fully saturated rings. The van der Waals surface area contributed by atoms with Crippen LogP contribution in [0.1, 0.15) is 5.56 Å². The van der Waals surface area contributed by atoms with Crippen molar-refractivity contribution in [3.8, 4) is 17.2 Å². The summed E-state index contributed by atoms with van der Waals surface area (Å²) >= 11 is 11.0. The van der Waals surface area contributed by atoms with E-state index in [1.165, 1.54) is 26.4 Å². The number of nitro groups is 1. The van der Waals surface area contributed by atoms with Crippen molar-refractivity contribution in [1.82, 2.24) is 0 Å². The molecule has 0 bridgehead atoms. The molecule has 13 heteroatoms. The smallest absolute Gasteiger partial charge is 0.416 e. The SMILES string of the molecule is COP(=S)(COc1cc(Oc2ccc(C(F)(F)F)cc2Cl)ccc1[N+](=O)[O-])OC. The zero-order valence-electron chi connectivity index (χ0n) is 14.9. The van der Waals surface area contributed by atoms with Crippen molar-refractivity contribution < 1.29 is 36.6 Å². The third kappa shape index (κ3) is 6.03. The second kappa shape index (κ2) is 9.27. The monoisotopic (exact) mass is 471 g/mol. The number of nitro benzene ring substituents is 1. The Bertz CT molecular complexity index is 951. The van der Waals surface area contributed by atoms with Gasteiger partial charge in [-0.05, 0) is 36.1 Å². The highest BCUT2D eigenvalue weighted by Gasteiger charge is 2.31. The Balaban J connectivity index is 2.31. The van der Waals surface area contributed by atoms with Crippen molar-refractivity contribution in [3.05, 3.63) is 57.1 Å². The molecule has 0 N–H and O–H groups in total. The number of rotatable bonds is 8. The van der Waals surface area contributed by atoms with Crippen LogP contribution in [0.15, 0.2) is 36.4 Å². The maximum Gasteiger partial charge on any atom is 0.416 e. The first-order valence-corrected chi connectivity index (χ1v) is 10.9. The summed E-state index contributed by atoms with van der Waals surface area (Å²) < 4.78 is 59.2. The highest BCUT2D eigenvalue weighted by atomic mass is 35.5. The Morgan fingerprint density at radius 3 is 2.31 bits per heavy atom. The largest absolute Gasteiger partial charge is 0.476 e. The summed E-state index contributed by atoms with van der Waals surface area (Å²) in [5.41, 5.74) is -1.31. The van der Waals surface area contributed by atoms with E-state index in [2.05, 4.69) is 0 Å². The second-order valence-corrected chi connectivity index (χ2v) is 9.67. The van der Waals surface area contributed by atoms with Gasteiger partial charge in [0.15, 0.2) is 6.35 Å². The van der Waals surface area contributed by atoms with E-state index in [1.807, 2.05) is 0 Å². The van der Waals surface area contributed by atoms with Crippen LogP contribution in [0.2, 0.25) is 5.02 Å². The van der Waals surface area contributed by atoms with Gasteiger partial charge in [0.2, 0.25) is 12.2 Å². The Morgan fingerprint density at radius 1 is 1.14 bits per heavy atom. The zero-order chi connectivity index (χ0) is 21.8. The average molecular weight is 472 g/mol. The number of ether oxygens (including phenoxy) is 2. The molecule has 29 heavy (non-hydrogen) atoms. The number of benzene rings is 2. The van der Waals surface area contributed by atoms with Gasteiger partial charge >= 0.3 is 11.9 Å². The first-order chi connectivity index (χ1) is 13.5. The van der Waals surface area contributed by atoms with Gasteiger partial charge in [0.1, 0.15) is 11.5 Å². The van der Waals surface area contributed by atoms with Gasteiger partial charge in [-0.3, -0.25) is 10.1 Å². The summed E-state index contributed by atoms with van der Waals surface area (Å²) in [5.74, 6) is -0.201. The first-order valence-electron chi connectivity index (χ1n) is 7.65. The molecule has 0 amide bonds. The average Bonchev–Trinajstić information content (AvgIpc) is 2.66. The Hall–Kier alpha value is -1.91. The molecular formula is C16H14ClF3NO6PS. The maximum absolute atomic E-state index is 12.7. The Labute approximate surface area is 173 Å². The first kappa shape index (κ1) is 23.4. The molecule has 0 atom stereocenters. The van der Waals surface area contributed by atoms with Gasteiger partial charge in [-0.1, -0.05) is 11.6 Å². The minimum atomic E-state index is -4.56. The molecule has 0 saturated carbocycles. The molecule has 0 aliphatic heterocycles. The summed E-state index contributed by atoms with van der Waals surface area (Å²) in [6, 6.07) is 6.12. The normalized spacial score (nSPS) is 11.9. The summed E-state index contributed by atoms with van der Waals surface area (Å²) in [6.45, 7) is -2.79. The quantitative estimate of drug-likeness (QED) is 0.265. The third-order valence-electron chi connectivity index (χ3n) is 3.55. The minimum Gasteiger partial charge on any atom is -0.476 e. The highest BCUT2D eigenvalue weighted by Crippen LogP contribution is 2.47. The second-order valence-electron chi connectivity index (χ2n) is 5.38. The van der Waals surface area contributed by atoms with Crippen molar-refractivity contribution >= 4 is 35.6 Å². The zero-order valence-corrected chi connectivity index (χ0v) is 17.4. The van der Waals surface area contributed by atoms with Crippen molar-refractivity contribution in [3.63, 3.8) is 0 Å². The van der Waals surface area contributed by atoms with Crippen LogP contribution in [0.4, 0.5) is 18.9 Å². The Morgan fingerprint density at radius 2 is 1.79 bits per heavy atom. The molecule has 158 valence electrons. The fourth-order valence-electron chi connectivity index (χ4n) is 2.04. The minimum absolute atomic E-state index is 0.0513. The fraction of sp³-hybridized carbons (Fsp3) is 0.250. The number of halogens is 4. The molecule has 0 heterocycles. The maximum atomic E-state index is 12.7. The van der Waals surface area contributed by atoms with Gasteiger partial charge in [-0.2, -0.15) is 13.2 Å². The van der Waals surface area contributed by atoms with Crippen molar-refractivity contribution in [2.24, 2.45) is 0 Å². The van der Waals surface area contributed by atoms with Gasteiger partial charge in [0.25, 0.3) is 0 Å². The van der Waals surface area contributed by atoms with Gasteiger partial charge < -0.3 is 18.5 Å². The van der Waals surface area contributed by atoms with E-state index in [9.17, 15) is 23.3 Å². The molecule has 0 spiro atoms. The standard InChI is InChI=1S/C16H14ClF3NO6PS/c1-24-28(29,25-2)9-26-15-8-11(4-5-13(15)21(22)23)27-14-6-3-10(7-12(14)17)16(18,19)20/h3-8H,9H2,1-2H3. The summed E-state index contributed by atoms with van der Waals surface area (Å²) in [7, 11) is 2.66. The topological polar surface area (TPSA) is 80.1 Å². The summed E-state index contributed by atoms with van der Waals surface area (Å²) in [4.78, 5) is 10.5. The molecule has 7 nitrogen and oxygen atoms in total. The van der Waals surface area contributed by atoms with Crippen LogP contribution in [0.3, 0.4) is 0 Å². The van der Waals surface area contributed by atoms with Crippen LogP contribution in [-0.2, 0) is 27.0 Å². The van der Waals surface area contributed by atoms with Gasteiger partial charge in [-0.15, -0.1) is 0 Å². The fourth-order valence-corrected chi connectivity index (χ4v) is 3.07. The van der Waals surface area contributed by atoms with E-state index in [0.29, 0.717) is 6.07 Å². The number of alkyl halides is 3. The van der Waals surface area contributed by atoms with E-state index in [0.717, 1.165) is 18.2 Å². The van der Waals surface area contributed by atoms with Crippen LogP contribution in [0.5, 0.6) is 17.2 Å².